The van der Waals surface area contributed by atoms with Crippen molar-refractivity contribution in [1.82, 2.24) is 4.90 Å². The van der Waals surface area contributed by atoms with Gasteiger partial charge in [-0.15, -0.1) is 0 Å². The lowest BCUT2D eigenvalue weighted by Gasteiger charge is -2.33. The number of nitrogens with one attached hydrogen (secondary N) is 2. The number of aliphatic hydroxyl groups is 1. The van der Waals surface area contributed by atoms with E-state index in [4.69, 9.17) is 14.2 Å². The minimum atomic E-state index is -1.13. The van der Waals surface area contributed by atoms with Gasteiger partial charge in [-0.05, 0) is 68.3 Å². The highest BCUT2D eigenvalue weighted by Gasteiger charge is 2.74. The Labute approximate surface area is 214 Å². The summed E-state index contributed by atoms with van der Waals surface area (Å²) in [7, 11) is 1.56. The molecule has 5 rings (SSSR count). The summed E-state index contributed by atoms with van der Waals surface area (Å²) in [5.41, 5.74) is -0.00924. The molecule has 37 heavy (non-hydrogen) atoms. The molecule has 2 bridgehead atoms. The number of carbonyl (C=O) groups is 3. The Bertz CT molecular complexity index is 1170. The molecule has 0 aromatic heterocycles. The van der Waals surface area contributed by atoms with Gasteiger partial charge in [-0.1, -0.05) is 0 Å². The molecule has 1 spiro atoms. The molecule has 3 aliphatic heterocycles. The minimum absolute atomic E-state index is 0.0287. The number of amides is 3. The lowest BCUT2D eigenvalue weighted by Crippen LogP contribution is -2.53. The van der Waals surface area contributed by atoms with E-state index in [1.54, 1.807) is 55.6 Å². The molecular weight excluding hydrogens is 478 g/mol. The molecule has 0 saturated carbocycles. The van der Waals surface area contributed by atoms with Gasteiger partial charge in [0, 0.05) is 17.9 Å². The van der Waals surface area contributed by atoms with Gasteiger partial charge < -0.3 is 34.9 Å². The number of fused-ring (bicyclic) bond motifs is 1. The van der Waals surface area contributed by atoms with Crippen LogP contribution in [0, 0.1) is 11.8 Å². The van der Waals surface area contributed by atoms with Gasteiger partial charge in [0.1, 0.15) is 23.1 Å². The number of nitrogens with zero attached hydrogens (tertiary/aromatic N) is 1. The molecule has 10 heteroatoms. The summed E-state index contributed by atoms with van der Waals surface area (Å²) >= 11 is 0. The number of β-amino-alcohol motifs (C(OH)–C–C–N with tert-alkyl or cyclic N) is 1. The third kappa shape index (κ3) is 4.30. The van der Waals surface area contributed by atoms with E-state index in [1.165, 1.54) is 4.90 Å². The number of ether oxygens (including phenoxy) is 3. The summed E-state index contributed by atoms with van der Waals surface area (Å²) in [6.07, 6.45) is 0.567. The number of rotatable bonds is 9. The van der Waals surface area contributed by atoms with Crippen molar-refractivity contribution in [2.75, 3.05) is 37.5 Å². The highest BCUT2D eigenvalue weighted by Crippen LogP contribution is 2.58. The zero-order valence-electron chi connectivity index (χ0n) is 20.8. The van der Waals surface area contributed by atoms with Crippen LogP contribution >= 0.6 is 0 Å². The Morgan fingerprint density at radius 2 is 1.68 bits per heavy atom. The van der Waals surface area contributed by atoms with Gasteiger partial charge >= 0.3 is 0 Å². The molecule has 2 aromatic rings. The van der Waals surface area contributed by atoms with Crippen LogP contribution in [0.2, 0.25) is 0 Å². The van der Waals surface area contributed by atoms with E-state index < -0.39 is 35.5 Å². The third-order valence-electron chi connectivity index (χ3n) is 7.48. The largest absolute Gasteiger partial charge is 0.497 e. The Hall–Kier alpha value is -3.63. The van der Waals surface area contributed by atoms with Crippen molar-refractivity contribution in [3.05, 3.63) is 48.5 Å². The molecule has 2 aromatic carbocycles. The molecule has 10 nitrogen and oxygen atoms in total. The Balaban J connectivity index is 1.39. The molecule has 3 fully saturated rings. The van der Waals surface area contributed by atoms with E-state index in [-0.39, 0.29) is 25.0 Å². The molecule has 3 saturated heterocycles. The van der Waals surface area contributed by atoms with E-state index in [1.807, 2.05) is 6.92 Å². The smallest absolute Gasteiger partial charge is 0.250 e. The maximum atomic E-state index is 13.6. The van der Waals surface area contributed by atoms with E-state index in [0.717, 1.165) is 0 Å². The molecule has 2 unspecified atom stereocenters. The number of anilines is 2. The Morgan fingerprint density at radius 1 is 1.05 bits per heavy atom. The van der Waals surface area contributed by atoms with Gasteiger partial charge in [-0.25, -0.2) is 0 Å². The maximum Gasteiger partial charge on any atom is 0.250 e. The SMILES string of the molecule is CCOc1ccc(NC(=O)[C@@H]2[C@H]3C(=O)N(CCO)C(C(=O)Nc4ccc(OC)cc4)C34CC[C@H]2O4)cc1. The predicted octanol–water partition coefficient (Wildman–Crippen LogP) is 2.04. The lowest BCUT2D eigenvalue weighted by molar-refractivity contribution is -0.140. The van der Waals surface area contributed by atoms with Crippen LogP contribution in [0.1, 0.15) is 19.8 Å². The number of benzene rings is 2. The van der Waals surface area contributed by atoms with Crippen molar-refractivity contribution in [2.24, 2.45) is 11.8 Å². The first-order valence-electron chi connectivity index (χ1n) is 12.5. The van der Waals surface area contributed by atoms with Gasteiger partial charge in [-0.3, -0.25) is 14.4 Å². The van der Waals surface area contributed by atoms with Crippen LogP contribution < -0.4 is 20.1 Å². The van der Waals surface area contributed by atoms with Gasteiger partial charge in [0.15, 0.2) is 0 Å². The molecule has 3 amide bonds. The van der Waals surface area contributed by atoms with Crippen LogP contribution in [0.5, 0.6) is 11.5 Å². The summed E-state index contributed by atoms with van der Waals surface area (Å²) in [6, 6.07) is 12.9. The number of hydrogen-bond donors (Lipinski definition) is 3. The first-order valence-corrected chi connectivity index (χ1v) is 12.5. The standard InChI is InChI=1S/C27H31N3O7/c1-3-36-19-10-6-16(7-11-19)28-24(32)21-20-12-13-27(37-20)22(21)26(34)30(14-15-31)23(27)25(33)29-17-4-8-18(35-2)9-5-17/h4-11,20-23,31H,3,12-15H2,1-2H3,(H,28,32)(H,29,33)/t20-,21+,22+,23?,27?/m1/s1. The average molecular weight is 510 g/mol. The summed E-state index contributed by atoms with van der Waals surface area (Å²) < 4.78 is 17.0. The highest BCUT2D eigenvalue weighted by molar-refractivity contribution is 6.05. The molecule has 3 heterocycles. The first kappa shape index (κ1) is 25.0. The Kier molecular flexibility index (Phi) is 6.78. The maximum absolute atomic E-state index is 13.6. The van der Waals surface area contributed by atoms with Crippen molar-refractivity contribution in [3.63, 3.8) is 0 Å². The van der Waals surface area contributed by atoms with Crippen LogP contribution in [-0.2, 0) is 19.1 Å². The number of aliphatic hydroxyl groups excluding tert-OH is 1. The number of methoxy groups -OCH3 is 1. The molecule has 196 valence electrons. The fourth-order valence-corrected chi connectivity index (χ4v) is 6.01. The third-order valence-corrected chi connectivity index (χ3v) is 7.48. The first-order chi connectivity index (χ1) is 17.9. The molecule has 3 N–H and O–H groups in total. The normalized spacial score (nSPS) is 27.6. The van der Waals surface area contributed by atoms with Crippen LogP contribution in [-0.4, -0.2) is 72.3 Å². The topological polar surface area (TPSA) is 126 Å². The quantitative estimate of drug-likeness (QED) is 0.472. The van der Waals surface area contributed by atoms with E-state index >= 15 is 0 Å². The van der Waals surface area contributed by atoms with Crippen molar-refractivity contribution in [1.29, 1.82) is 0 Å². The molecule has 5 atom stereocenters. The number of likely N-dealkylation sites (tertiary alicyclic amines) is 1. The van der Waals surface area contributed by atoms with Gasteiger partial charge in [0.05, 0.1) is 38.3 Å². The average Bonchev–Trinajstić information content (AvgIpc) is 3.54. The van der Waals surface area contributed by atoms with Crippen molar-refractivity contribution in [3.8, 4) is 11.5 Å². The fourth-order valence-electron chi connectivity index (χ4n) is 6.01. The second-order valence-corrected chi connectivity index (χ2v) is 9.48. The van der Waals surface area contributed by atoms with Crippen LogP contribution in [0.4, 0.5) is 11.4 Å². The molecule has 0 radical (unpaired) electrons. The van der Waals surface area contributed by atoms with Crippen LogP contribution in [0.25, 0.3) is 0 Å². The van der Waals surface area contributed by atoms with Crippen LogP contribution in [0.15, 0.2) is 48.5 Å². The fraction of sp³-hybridized carbons (Fsp3) is 0.444. The number of carbonyl (C=O) groups excluding carboxylic acids is 3. The van der Waals surface area contributed by atoms with E-state index in [9.17, 15) is 19.5 Å². The lowest BCUT2D eigenvalue weighted by atomic mass is 9.70. The monoisotopic (exact) mass is 509 g/mol. The van der Waals surface area contributed by atoms with Gasteiger partial charge in [0.25, 0.3) is 0 Å². The van der Waals surface area contributed by atoms with E-state index in [0.29, 0.717) is 42.3 Å². The van der Waals surface area contributed by atoms with Crippen molar-refractivity contribution in [2.45, 2.75) is 37.5 Å². The highest BCUT2D eigenvalue weighted by atomic mass is 16.5. The summed E-state index contributed by atoms with van der Waals surface area (Å²) in [5.74, 6) is -1.30. The Morgan fingerprint density at radius 3 is 2.27 bits per heavy atom. The zero-order chi connectivity index (χ0) is 26.2. The van der Waals surface area contributed by atoms with E-state index in [2.05, 4.69) is 10.6 Å². The number of hydrogen-bond acceptors (Lipinski definition) is 7. The van der Waals surface area contributed by atoms with Crippen molar-refractivity contribution < 1.29 is 33.7 Å². The zero-order valence-corrected chi connectivity index (χ0v) is 20.8. The van der Waals surface area contributed by atoms with Crippen LogP contribution in [0.3, 0.4) is 0 Å². The van der Waals surface area contributed by atoms with Gasteiger partial charge in [-0.2, -0.15) is 0 Å². The minimum Gasteiger partial charge on any atom is -0.497 e. The van der Waals surface area contributed by atoms with Gasteiger partial charge in [0.2, 0.25) is 17.7 Å². The summed E-state index contributed by atoms with van der Waals surface area (Å²) in [4.78, 5) is 42.0. The predicted molar refractivity (Wildman–Crippen MR) is 134 cm³/mol. The molecule has 0 aliphatic carbocycles. The summed E-state index contributed by atoms with van der Waals surface area (Å²) in [5, 5.41) is 15.5. The molecular formula is C27H31N3O7. The summed E-state index contributed by atoms with van der Waals surface area (Å²) in [6.45, 7) is 2.09. The van der Waals surface area contributed by atoms with Crippen molar-refractivity contribution >= 4 is 29.1 Å². The molecule has 3 aliphatic rings. The second kappa shape index (κ2) is 10.0. The second-order valence-electron chi connectivity index (χ2n) is 9.48.